The van der Waals surface area contributed by atoms with Gasteiger partial charge in [-0.25, -0.2) is 0 Å². The quantitative estimate of drug-likeness (QED) is 0.406. The highest BCUT2D eigenvalue weighted by Gasteiger charge is 2.03. The van der Waals surface area contributed by atoms with E-state index in [0.29, 0.717) is 0 Å². The first-order valence-electron chi connectivity index (χ1n) is 3.20. The molecule has 0 rings (SSSR count). The summed E-state index contributed by atoms with van der Waals surface area (Å²) in [5.74, 6) is 0. The summed E-state index contributed by atoms with van der Waals surface area (Å²) in [5.41, 5.74) is 0. The van der Waals surface area contributed by atoms with E-state index in [2.05, 4.69) is 45.2 Å². The van der Waals surface area contributed by atoms with Crippen LogP contribution >= 0.6 is 45.2 Å². The summed E-state index contributed by atoms with van der Waals surface area (Å²) in [6.45, 7) is 3.50. The molecule has 0 aliphatic rings. The van der Waals surface area contributed by atoms with E-state index in [1.165, 1.54) is 0 Å². The Morgan fingerprint density at radius 2 is 2.00 bits per heavy atom. The highest BCUT2D eigenvalue weighted by Crippen LogP contribution is 2.00. The van der Waals surface area contributed by atoms with E-state index < -0.39 is 0 Å². The van der Waals surface area contributed by atoms with Crippen molar-refractivity contribution in [1.82, 2.24) is 0 Å². The van der Waals surface area contributed by atoms with E-state index in [1.54, 1.807) is 0 Å². The molecule has 0 saturated carbocycles. The zero-order chi connectivity index (χ0) is 7.82. The Morgan fingerprint density at radius 3 is 2.40 bits per heavy atom. The Labute approximate surface area is 89.3 Å². The minimum atomic E-state index is 0.000339. The molecule has 0 spiro atoms. The molecule has 0 radical (unpaired) electrons. The highest BCUT2D eigenvalue weighted by molar-refractivity contribution is 14.1. The van der Waals surface area contributed by atoms with Crippen LogP contribution in [0.5, 0.6) is 0 Å². The Balaban J connectivity index is 3.21. The number of rotatable bonds is 6. The molecular weight excluding hydrogens is 358 g/mol. The van der Waals surface area contributed by atoms with Crippen LogP contribution in [-0.2, 0) is 9.47 Å². The fourth-order valence-corrected chi connectivity index (χ4v) is 1.26. The molecule has 0 fully saturated rings. The van der Waals surface area contributed by atoms with Crippen molar-refractivity contribution in [1.29, 1.82) is 0 Å². The second-order valence-corrected chi connectivity index (χ2v) is 3.56. The molecule has 0 N–H and O–H groups in total. The lowest BCUT2D eigenvalue weighted by atomic mass is 10.7. The second kappa shape index (κ2) is 8.48. The van der Waals surface area contributed by atoms with Gasteiger partial charge in [-0.3, -0.25) is 0 Å². The van der Waals surface area contributed by atoms with Crippen LogP contribution < -0.4 is 0 Å². The summed E-state index contributed by atoms with van der Waals surface area (Å²) in [6, 6.07) is 0. The Bertz CT molecular complexity index is 70.8. The number of alkyl halides is 2. The predicted octanol–water partition coefficient (Wildman–Crippen LogP) is 2.24. The standard InChI is InChI=1S/C6H12I2O2/c1-2-9-6(5-8)10-4-3-7/h6H,2-5H2,1H3/t6-/m0/s1. The van der Waals surface area contributed by atoms with E-state index in [0.717, 1.165) is 22.1 Å². The van der Waals surface area contributed by atoms with Gasteiger partial charge in [-0.1, -0.05) is 45.2 Å². The van der Waals surface area contributed by atoms with Crippen molar-refractivity contribution < 1.29 is 9.47 Å². The maximum Gasteiger partial charge on any atom is 0.166 e. The van der Waals surface area contributed by atoms with Gasteiger partial charge in [0.15, 0.2) is 6.29 Å². The molecule has 0 bridgehead atoms. The summed E-state index contributed by atoms with van der Waals surface area (Å²) < 4.78 is 12.5. The fourth-order valence-electron chi connectivity index (χ4n) is 0.499. The van der Waals surface area contributed by atoms with Gasteiger partial charge in [0.05, 0.1) is 11.0 Å². The monoisotopic (exact) mass is 370 g/mol. The molecule has 0 aliphatic carbocycles. The van der Waals surface area contributed by atoms with Gasteiger partial charge in [-0.15, -0.1) is 0 Å². The number of hydrogen-bond donors (Lipinski definition) is 0. The molecular formula is C6H12I2O2. The van der Waals surface area contributed by atoms with E-state index >= 15 is 0 Å². The third kappa shape index (κ3) is 6.11. The average molecular weight is 370 g/mol. The number of halogens is 2. The summed E-state index contributed by atoms with van der Waals surface area (Å²) in [7, 11) is 0. The largest absolute Gasteiger partial charge is 0.352 e. The first kappa shape index (κ1) is 11.4. The van der Waals surface area contributed by atoms with Crippen molar-refractivity contribution in [2.75, 3.05) is 22.1 Å². The molecule has 4 heteroatoms. The van der Waals surface area contributed by atoms with E-state index in [4.69, 9.17) is 9.47 Å². The van der Waals surface area contributed by atoms with Crippen LogP contribution in [0, 0.1) is 0 Å². The van der Waals surface area contributed by atoms with Crippen molar-refractivity contribution in [3.05, 3.63) is 0 Å². The zero-order valence-electron chi connectivity index (χ0n) is 5.98. The summed E-state index contributed by atoms with van der Waals surface area (Å²) in [6.07, 6.45) is 0.000339. The lowest BCUT2D eigenvalue weighted by Gasteiger charge is -2.13. The predicted molar refractivity (Wildman–Crippen MR) is 59.1 cm³/mol. The summed E-state index contributed by atoms with van der Waals surface area (Å²) >= 11 is 4.54. The first-order valence-corrected chi connectivity index (χ1v) is 6.25. The van der Waals surface area contributed by atoms with Gasteiger partial charge in [0.2, 0.25) is 0 Å². The highest BCUT2D eigenvalue weighted by atomic mass is 127. The third-order valence-corrected chi connectivity index (χ3v) is 2.02. The lowest BCUT2D eigenvalue weighted by Crippen LogP contribution is -2.19. The fraction of sp³-hybridized carbons (Fsp3) is 1.00. The van der Waals surface area contributed by atoms with Gasteiger partial charge < -0.3 is 9.47 Å². The van der Waals surface area contributed by atoms with E-state index in [1.807, 2.05) is 6.92 Å². The molecule has 0 aromatic rings. The van der Waals surface area contributed by atoms with Gasteiger partial charge in [-0.2, -0.15) is 0 Å². The second-order valence-electron chi connectivity index (χ2n) is 1.60. The van der Waals surface area contributed by atoms with Gasteiger partial charge in [0, 0.05) is 11.0 Å². The molecule has 0 aromatic carbocycles. The number of ether oxygens (including phenoxy) is 2. The SMILES string of the molecule is CCO[C@H](CI)OCCI. The molecule has 1 atom stereocenters. The maximum absolute atomic E-state index is 5.34. The molecule has 10 heavy (non-hydrogen) atoms. The molecule has 0 saturated heterocycles. The van der Waals surface area contributed by atoms with Crippen LogP contribution in [0.4, 0.5) is 0 Å². The molecule has 0 amide bonds. The van der Waals surface area contributed by atoms with Crippen molar-refractivity contribution in [3.8, 4) is 0 Å². The Morgan fingerprint density at radius 1 is 1.30 bits per heavy atom. The average Bonchev–Trinajstić information content (AvgIpc) is 1.98. The molecule has 0 aromatic heterocycles. The molecule has 62 valence electrons. The van der Waals surface area contributed by atoms with Crippen molar-refractivity contribution in [2.24, 2.45) is 0 Å². The third-order valence-electron chi connectivity index (χ3n) is 0.859. The lowest BCUT2D eigenvalue weighted by molar-refractivity contribution is -0.117. The van der Waals surface area contributed by atoms with Crippen LogP contribution in [0.15, 0.2) is 0 Å². The summed E-state index contributed by atoms with van der Waals surface area (Å²) in [4.78, 5) is 0. The minimum Gasteiger partial charge on any atom is -0.352 e. The van der Waals surface area contributed by atoms with Crippen LogP contribution in [0.25, 0.3) is 0 Å². The van der Waals surface area contributed by atoms with Crippen molar-refractivity contribution in [2.45, 2.75) is 13.2 Å². The maximum atomic E-state index is 5.34. The van der Waals surface area contributed by atoms with Crippen LogP contribution in [0.3, 0.4) is 0 Å². The normalized spacial score (nSPS) is 13.5. The van der Waals surface area contributed by atoms with Crippen molar-refractivity contribution >= 4 is 45.2 Å². The molecule has 0 heterocycles. The van der Waals surface area contributed by atoms with Crippen LogP contribution in [0.1, 0.15) is 6.92 Å². The molecule has 2 nitrogen and oxygen atoms in total. The van der Waals surface area contributed by atoms with E-state index in [-0.39, 0.29) is 6.29 Å². The zero-order valence-corrected chi connectivity index (χ0v) is 10.3. The number of hydrogen-bond acceptors (Lipinski definition) is 2. The van der Waals surface area contributed by atoms with Crippen molar-refractivity contribution in [3.63, 3.8) is 0 Å². The first-order chi connectivity index (χ1) is 4.85. The van der Waals surface area contributed by atoms with Gasteiger partial charge in [0.1, 0.15) is 0 Å². The minimum absolute atomic E-state index is 0.000339. The Kier molecular flexibility index (Phi) is 9.65. The van der Waals surface area contributed by atoms with Gasteiger partial charge >= 0.3 is 0 Å². The molecule has 0 unspecified atom stereocenters. The summed E-state index contributed by atoms with van der Waals surface area (Å²) in [5, 5.41) is 0. The smallest absolute Gasteiger partial charge is 0.166 e. The van der Waals surface area contributed by atoms with Gasteiger partial charge in [0.25, 0.3) is 0 Å². The Hall–Kier alpha value is 1.38. The molecule has 0 aliphatic heterocycles. The van der Waals surface area contributed by atoms with Gasteiger partial charge in [-0.05, 0) is 6.92 Å². The van der Waals surface area contributed by atoms with E-state index in [9.17, 15) is 0 Å². The van der Waals surface area contributed by atoms with Crippen LogP contribution in [-0.4, -0.2) is 28.4 Å². The topological polar surface area (TPSA) is 18.5 Å². The van der Waals surface area contributed by atoms with Crippen LogP contribution in [0.2, 0.25) is 0 Å².